The van der Waals surface area contributed by atoms with Crippen molar-refractivity contribution >= 4 is 81.2 Å². The summed E-state index contributed by atoms with van der Waals surface area (Å²) in [5.74, 6) is 1.11. The first kappa shape index (κ1) is 18.7. The van der Waals surface area contributed by atoms with Gasteiger partial charge in [-0.1, -0.05) is 34.8 Å². The van der Waals surface area contributed by atoms with Crippen LogP contribution in [0.15, 0.2) is 0 Å². The average molecular weight is 303 g/mol. The highest BCUT2D eigenvalue weighted by Crippen LogP contribution is 2.03. The molecule has 0 aliphatic rings. The predicted octanol–water partition coefficient (Wildman–Crippen LogP) is 4.87. The molecule has 72 valence electrons. The smallest absolute Gasteiger partial charge is 0.125 e. The van der Waals surface area contributed by atoms with Gasteiger partial charge in [-0.05, 0) is 0 Å². The third-order valence-corrected chi connectivity index (χ3v) is 0.643. The molecule has 0 aliphatic heterocycles. The Bertz CT molecular complexity index is 34.7. The first-order chi connectivity index (χ1) is 5.06. The van der Waals surface area contributed by atoms with E-state index in [1.807, 2.05) is 0 Å². The molecule has 0 aromatic heterocycles. The van der Waals surface area contributed by atoms with Crippen LogP contribution in [0.2, 0.25) is 0 Å². The molecule has 0 aliphatic carbocycles. The van der Waals surface area contributed by atoms with Crippen molar-refractivity contribution in [1.29, 1.82) is 0 Å². The fraction of sp³-hybridized carbons (Fsp3) is 1.00. The number of hydrogen-bond acceptors (Lipinski definition) is 0. The lowest BCUT2D eigenvalue weighted by Crippen LogP contribution is -1.63. The molecule has 0 bridgehead atoms. The molecule has 11 heavy (non-hydrogen) atoms. The summed E-state index contributed by atoms with van der Waals surface area (Å²) in [5.41, 5.74) is 0. The molecule has 0 amide bonds. The zero-order chi connectivity index (χ0) is 9.70. The second-order valence-electron chi connectivity index (χ2n) is 0.726. The van der Waals surface area contributed by atoms with Gasteiger partial charge in [0.1, 0.15) is 0 Å². The van der Waals surface area contributed by atoms with Crippen molar-refractivity contribution in [3.63, 3.8) is 0 Å². The Kier molecular flexibility index (Phi) is 38.7. The molecule has 0 unspecified atom stereocenters. The van der Waals surface area contributed by atoms with E-state index in [1.165, 1.54) is 0 Å². The molecule has 0 atom stereocenters. The van der Waals surface area contributed by atoms with Crippen molar-refractivity contribution < 1.29 is 0 Å². The molecular formula is C4H7Cl7. The van der Waals surface area contributed by atoms with Crippen LogP contribution in [0.25, 0.3) is 0 Å². The monoisotopic (exact) mass is 300 g/mol. The lowest BCUT2D eigenvalue weighted by atomic mass is 11.0. The van der Waals surface area contributed by atoms with E-state index in [0.29, 0.717) is 11.8 Å². The van der Waals surface area contributed by atoms with E-state index >= 15 is 0 Å². The van der Waals surface area contributed by atoms with Crippen molar-refractivity contribution in [2.75, 3.05) is 17.1 Å². The quantitative estimate of drug-likeness (QED) is 0.606. The van der Waals surface area contributed by atoms with E-state index in [0.717, 1.165) is 0 Å². The van der Waals surface area contributed by atoms with E-state index in [2.05, 4.69) is 0 Å². The van der Waals surface area contributed by atoms with Crippen LogP contribution in [0.3, 0.4) is 0 Å². The van der Waals surface area contributed by atoms with Crippen LogP contribution >= 0.6 is 81.2 Å². The normalized spacial score (nSPS) is 7.64. The molecule has 0 radical (unpaired) electrons. The van der Waals surface area contributed by atoms with Crippen LogP contribution in [0.4, 0.5) is 0 Å². The number of halogens is 7. The summed E-state index contributed by atoms with van der Waals surface area (Å²) >= 11 is 34.1. The average Bonchev–Trinajstić information content (AvgIpc) is 1.88. The van der Waals surface area contributed by atoms with Gasteiger partial charge in [-0.2, -0.15) is 0 Å². The van der Waals surface area contributed by atoms with Gasteiger partial charge in [0.25, 0.3) is 0 Å². The molecule has 0 nitrogen and oxygen atoms in total. The Morgan fingerprint density at radius 1 is 0.727 bits per heavy atom. The number of alkyl halides is 7. The van der Waals surface area contributed by atoms with Crippen molar-refractivity contribution in [1.82, 2.24) is 0 Å². The fourth-order valence-corrected chi connectivity index (χ4v) is 0. The van der Waals surface area contributed by atoms with Gasteiger partial charge < -0.3 is 0 Å². The number of rotatable bonds is 1. The highest BCUT2D eigenvalue weighted by Gasteiger charge is 1.78. The van der Waals surface area contributed by atoms with E-state index in [4.69, 9.17) is 81.2 Å². The first-order valence-electron chi connectivity index (χ1n) is 2.22. The zero-order valence-electron chi connectivity index (χ0n) is 5.34. The summed E-state index contributed by atoms with van der Waals surface area (Å²) in [7, 11) is 0. The highest BCUT2D eigenvalue weighted by molar-refractivity contribution is 6.63. The highest BCUT2D eigenvalue weighted by atomic mass is 35.6. The minimum absolute atomic E-state index is 0.194. The van der Waals surface area contributed by atoms with Crippen molar-refractivity contribution in [2.24, 2.45) is 0 Å². The van der Waals surface area contributed by atoms with Gasteiger partial charge in [0.05, 0.1) is 5.34 Å². The minimum Gasteiger partial charge on any atom is -0.125 e. The van der Waals surface area contributed by atoms with Gasteiger partial charge in [-0.3, -0.25) is 0 Å². The standard InChI is InChI=1S/C2H4Cl2.CHCl3.CH2Cl2/c3-1-2-4;2-1(3)4;2-1-3/h1-2H2;1H;1H2. The molecule has 0 spiro atoms. The maximum Gasteiger partial charge on any atom is 0.180 e. The Morgan fingerprint density at radius 3 is 0.818 bits per heavy atom. The van der Waals surface area contributed by atoms with Crippen LogP contribution in [-0.4, -0.2) is 21.4 Å². The summed E-state index contributed by atoms with van der Waals surface area (Å²) in [6.07, 6.45) is 0. The van der Waals surface area contributed by atoms with Crippen molar-refractivity contribution in [2.45, 2.75) is 4.30 Å². The predicted molar refractivity (Wildman–Crippen MR) is 59.4 cm³/mol. The lowest BCUT2D eigenvalue weighted by molar-refractivity contribution is 1.52. The van der Waals surface area contributed by atoms with Crippen LogP contribution < -0.4 is 0 Å². The van der Waals surface area contributed by atoms with Gasteiger partial charge in [0.2, 0.25) is 0 Å². The topological polar surface area (TPSA) is 0 Å². The Morgan fingerprint density at radius 2 is 0.818 bits per heavy atom. The van der Waals surface area contributed by atoms with E-state index in [-0.39, 0.29) is 5.34 Å². The second-order valence-corrected chi connectivity index (χ2v) is 4.27. The lowest BCUT2D eigenvalue weighted by Gasteiger charge is -1.69. The van der Waals surface area contributed by atoms with Crippen LogP contribution in [-0.2, 0) is 0 Å². The SMILES string of the molecule is ClC(Cl)Cl.ClCCCl.ClCCl. The molecular weight excluding hydrogens is 296 g/mol. The van der Waals surface area contributed by atoms with Gasteiger partial charge in [0, 0.05) is 11.8 Å². The summed E-state index contributed by atoms with van der Waals surface area (Å²) < 4.78 is -0.750. The Labute approximate surface area is 102 Å². The third-order valence-electron chi connectivity index (χ3n) is 0.0714. The van der Waals surface area contributed by atoms with Gasteiger partial charge in [-0.15, -0.1) is 46.4 Å². The molecule has 0 rings (SSSR count). The van der Waals surface area contributed by atoms with Crippen molar-refractivity contribution in [3.05, 3.63) is 0 Å². The summed E-state index contributed by atoms with van der Waals surface area (Å²) in [6, 6.07) is 0. The van der Waals surface area contributed by atoms with Gasteiger partial charge in [-0.25, -0.2) is 0 Å². The van der Waals surface area contributed by atoms with E-state index < -0.39 is 4.30 Å². The van der Waals surface area contributed by atoms with Crippen LogP contribution in [0, 0.1) is 0 Å². The molecule has 0 heterocycles. The minimum atomic E-state index is -0.750. The molecule has 0 saturated heterocycles. The number of hydrogen-bond donors (Lipinski definition) is 0. The molecule has 0 N–H and O–H groups in total. The van der Waals surface area contributed by atoms with Gasteiger partial charge >= 0.3 is 0 Å². The summed E-state index contributed by atoms with van der Waals surface area (Å²) in [5, 5.41) is 0.194. The maximum absolute atomic E-state index is 5.05. The molecule has 0 aromatic carbocycles. The molecule has 0 aromatic rings. The Hall–Kier alpha value is 2.03. The second kappa shape index (κ2) is 22.7. The maximum atomic E-state index is 5.05. The van der Waals surface area contributed by atoms with Crippen LogP contribution in [0.1, 0.15) is 0 Å². The van der Waals surface area contributed by atoms with Crippen molar-refractivity contribution in [3.8, 4) is 0 Å². The summed E-state index contributed by atoms with van der Waals surface area (Å²) in [6.45, 7) is 0. The first-order valence-corrected chi connectivity index (χ1v) is 5.67. The summed E-state index contributed by atoms with van der Waals surface area (Å²) in [4.78, 5) is 0. The zero-order valence-corrected chi connectivity index (χ0v) is 10.6. The molecule has 0 saturated carbocycles. The van der Waals surface area contributed by atoms with Gasteiger partial charge in [0.15, 0.2) is 4.30 Å². The third kappa shape index (κ3) is 132. The van der Waals surface area contributed by atoms with E-state index in [1.54, 1.807) is 0 Å². The van der Waals surface area contributed by atoms with E-state index in [9.17, 15) is 0 Å². The molecule has 0 fully saturated rings. The van der Waals surface area contributed by atoms with Crippen LogP contribution in [0.5, 0.6) is 0 Å². The fourth-order valence-electron chi connectivity index (χ4n) is 0. The molecule has 7 heteroatoms. The Balaban J connectivity index is -0.0000000886. The largest absolute Gasteiger partial charge is 0.180 e.